The van der Waals surface area contributed by atoms with Crippen molar-refractivity contribution in [1.29, 1.82) is 0 Å². The van der Waals surface area contributed by atoms with Crippen LogP contribution >= 0.6 is 0 Å². The Morgan fingerprint density at radius 1 is 0.862 bits per heavy atom. The number of carbonyl (C=O) groups excluding carboxylic acids is 1. The molecular formula is C23H30N2O4. The van der Waals surface area contributed by atoms with Gasteiger partial charge in [-0.2, -0.15) is 5.10 Å². The van der Waals surface area contributed by atoms with Gasteiger partial charge in [-0.05, 0) is 76.4 Å². The monoisotopic (exact) mass is 398 g/mol. The number of aryl methyl sites for hydroxylation is 2. The Kier molecular flexibility index (Phi) is 8.07. The minimum Gasteiger partial charge on any atom is -0.490 e. The van der Waals surface area contributed by atoms with Crippen molar-refractivity contribution in [2.75, 3.05) is 19.8 Å². The van der Waals surface area contributed by atoms with Gasteiger partial charge in [0.25, 0.3) is 5.91 Å². The molecule has 0 aromatic heterocycles. The normalized spacial score (nSPS) is 11.2. The number of ether oxygens (including phenoxy) is 3. The van der Waals surface area contributed by atoms with Crippen LogP contribution in [0.5, 0.6) is 17.2 Å². The first-order chi connectivity index (χ1) is 13.9. The smallest absolute Gasteiger partial charge is 0.271 e. The molecule has 0 heterocycles. The largest absolute Gasteiger partial charge is 0.490 e. The fraction of sp³-hybridized carbons (Fsp3) is 0.391. The number of amides is 1. The lowest BCUT2D eigenvalue weighted by atomic mass is 10.0. The molecule has 0 aliphatic carbocycles. The summed E-state index contributed by atoms with van der Waals surface area (Å²) in [6, 6.07) is 9.38. The van der Waals surface area contributed by atoms with Crippen LogP contribution in [0.3, 0.4) is 0 Å². The third kappa shape index (κ3) is 5.73. The number of nitrogens with zero attached hydrogens (tertiary/aromatic N) is 1. The second kappa shape index (κ2) is 10.5. The van der Waals surface area contributed by atoms with Crippen LogP contribution in [-0.4, -0.2) is 31.4 Å². The highest BCUT2D eigenvalue weighted by Gasteiger charge is 2.18. The Hall–Kier alpha value is -3.02. The lowest BCUT2D eigenvalue weighted by Gasteiger charge is -2.16. The van der Waals surface area contributed by atoms with Crippen LogP contribution in [0.4, 0.5) is 0 Å². The van der Waals surface area contributed by atoms with Gasteiger partial charge < -0.3 is 14.2 Å². The third-order valence-corrected chi connectivity index (χ3v) is 4.42. The maximum Gasteiger partial charge on any atom is 0.271 e. The van der Waals surface area contributed by atoms with Crippen LogP contribution in [0.25, 0.3) is 0 Å². The maximum absolute atomic E-state index is 12.7. The van der Waals surface area contributed by atoms with Crippen molar-refractivity contribution in [2.24, 2.45) is 5.10 Å². The van der Waals surface area contributed by atoms with Crippen molar-refractivity contribution in [3.05, 3.63) is 52.6 Å². The standard InChI is InChI=1S/C23H30N2O4/c1-7-27-20-13-19(14-21(28-8-2)22(20)29-9-3)23(26)25-24-17(6)18-11-10-15(4)16(5)12-18/h10-14H,7-9H2,1-6H3,(H,25,26). The van der Waals surface area contributed by atoms with E-state index in [1.807, 2.05) is 39.8 Å². The molecule has 2 rings (SSSR count). The Morgan fingerprint density at radius 2 is 1.45 bits per heavy atom. The average Bonchev–Trinajstić information content (AvgIpc) is 2.70. The fourth-order valence-corrected chi connectivity index (χ4v) is 2.75. The van der Waals surface area contributed by atoms with Crippen LogP contribution < -0.4 is 19.6 Å². The van der Waals surface area contributed by atoms with Crippen molar-refractivity contribution in [3.8, 4) is 17.2 Å². The first-order valence-corrected chi connectivity index (χ1v) is 9.89. The molecule has 156 valence electrons. The summed E-state index contributed by atoms with van der Waals surface area (Å²) in [6.45, 7) is 13.0. The second-order valence-electron chi connectivity index (χ2n) is 6.54. The van der Waals surface area contributed by atoms with E-state index in [0.29, 0.717) is 42.6 Å². The van der Waals surface area contributed by atoms with Crippen molar-refractivity contribution in [3.63, 3.8) is 0 Å². The topological polar surface area (TPSA) is 69.2 Å². The molecule has 0 fully saturated rings. The van der Waals surface area contributed by atoms with E-state index in [9.17, 15) is 4.79 Å². The van der Waals surface area contributed by atoms with Crippen LogP contribution in [0, 0.1) is 13.8 Å². The molecule has 0 spiro atoms. The minimum atomic E-state index is -0.349. The number of rotatable bonds is 9. The second-order valence-corrected chi connectivity index (χ2v) is 6.54. The molecule has 1 N–H and O–H groups in total. The summed E-state index contributed by atoms with van der Waals surface area (Å²) in [6.07, 6.45) is 0. The molecule has 6 heteroatoms. The molecule has 0 bridgehead atoms. The first-order valence-electron chi connectivity index (χ1n) is 9.89. The number of benzene rings is 2. The summed E-state index contributed by atoms with van der Waals surface area (Å²) in [4.78, 5) is 12.7. The summed E-state index contributed by atoms with van der Waals surface area (Å²) in [5.74, 6) is 1.10. The number of hydrogen-bond acceptors (Lipinski definition) is 5. The zero-order valence-corrected chi connectivity index (χ0v) is 18.1. The van der Waals surface area contributed by atoms with Crippen molar-refractivity contribution in [2.45, 2.75) is 41.5 Å². The minimum absolute atomic E-state index is 0.349. The lowest BCUT2D eigenvalue weighted by molar-refractivity contribution is 0.0953. The van der Waals surface area contributed by atoms with Gasteiger partial charge in [0.05, 0.1) is 25.5 Å². The van der Waals surface area contributed by atoms with E-state index in [2.05, 4.69) is 30.4 Å². The molecule has 2 aromatic carbocycles. The zero-order valence-electron chi connectivity index (χ0n) is 18.1. The predicted octanol–water partition coefficient (Wildman–Crippen LogP) is 4.65. The van der Waals surface area contributed by atoms with Crippen molar-refractivity contribution >= 4 is 11.6 Å². The summed E-state index contributed by atoms with van der Waals surface area (Å²) in [5, 5.41) is 4.26. The SMILES string of the molecule is CCOc1cc(C(=O)NN=C(C)c2ccc(C)c(C)c2)cc(OCC)c1OCC. The van der Waals surface area contributed by atoms with Gasteiger partial charge in [-0.3, -0.25) is 4.79 Å². The van der Waals surface area contributed by atoms with Crippen LogP contribution in [-0.2, 0) is 0 Å². The van der Waals surface area contributed by atoms with Crippen molar-refractivity contribution < 1.29 is 19.0 Å². The molecule has 0 saturated heterocycles. The Bertz CT molecular complexity index is 863. The molecule has 1 amide bonds. The Labute approximate surface area is 172 Å². The van der Waals surface area contributed by atoms with Crippen LogP contribution in [0.15, 0.2) is 35.4 Å². The average molecular weight is 399 g/mol. The highest BCUT2D eigenvalue weighted by Crippen LogP contribution is 2.39. The molecule has 0 saturated carbocycles. The highest BCUT2D eigenvalue weighted by atomic mass is 16.5. The molecule has 29 heavy (non-hydrogen) atoms. The van der Waals surface area contributed by atoms with E-state index >= 15 is 0 Å². The molecule has 0 aliphatic rings. The third-order valence-electron chi connectivity index (χ3n) is 4.42. The van der Waals surface area contributed by atoms with Crippen LogP contribution in [0.2, 0.25) is 0 Å². The summed E-state index contributed by atoms with van der Waals surface area (Å²) in [5.41, 5.74) is 7.09. The van der Waals surface area contributed by atoms with Gasteiger partial charge in [0.1, 0.15) is 0 Å². The molecule has 0 radical (unpaired) electrons. The van der Waals surface area contributed by atoms with Gasteiger partial charge >= 0.3 is 0 Å². The highest BCUT2D eigenvalue weighted by molar-refractivity contribution is 6.01. The molecule has 6 nitrogen and oxygen atoms in total. The quantitative estimate of drug-likeness (QED) is 0.493. The number of carbonyl (C=O) groups is 1. The molecule has 0 unspecified atom stereocenters. The van der Waals surface area contributed by atoms with Gasteiger partial charge in [0.15, 0.2) is 11.5 Å². The van der Waals surface area contributed by atoms with Gasteiger partial charge in [-0.15, -0.1) is 0 Å². The van der Waals surface area contributed by atoms with Gasteiger partial charge in [-0.1, -0.05) is 12.1 Å². The van der Waals surface area contributed by atoms with Gasteiger partial charge in [0.2, 0.25) is 5.75 Å². The zero-order chi connectivity index (χ0) is 21.4. The van der Waals surface area contributed by atoms with E-state index in [0.717, 1.165) is 11.3 Å². The molecular weight excluding hydrogens is 368 g/mol. The van der Waals surface area contributed by atoms with E-state index in [-0.39, 0.29) is 5.91 Å². The first kappa shape index (κ1) is 22.3. The van der Waals surface area contributed by atoms with Crippen LogP contribution in [0.1, 0.15) is 54.7 Å². The summed E-state index contributed by atoms with van der Waals surface area (Å²) < 4.78 is 17.0. The summed E-state index contributed by atoms with van der Waals surface area (Å²) in [7, 11) is 0. The Morgan fingerprint density at radius 3 is 1.97 bits per heavy atom. The van der Waals surface area contributed by atoms with E-state index in [1.54, 1.807) is 12.1 Å². The molecule has 0 atom stereocenters. The number of hydrazone groups is 1. The van der Waals surface area contributed by atoms with E-state index in [1.165, 1.54) is 11.1 Å². The fourth-order valence-electron chi connectivity index (χ4n) is 2.75. The van der Waals surface area contributed by atoms with E-state index in [4.69, 9.17) is 14.2 Å². The lowest BCUT2D eigenvalue weighted by Crippen LogP contribution is -2.20. The van der Waals surface area contributed by atoms with Gasteiger partial charge in [-0.25, -0.2) is 5.43 Å². The molecule has 0 aliphatic heterocycles. The van der Waals surface area contributed by atoms with Gasteiger partial charge in [0, 0.05) is 5.56 Å². The van der Waals surface area contributed by atoms with E-state index < -0.39 is 0 Å². The maximum atomic E-state index is 12.7. The number of nitrogens with one attached hydrogen (secondary N) is 1. The summed E-state index contributed by atoms with van der Waals surface area (Å²) >= 11 is 0. The number of hydrogen-bond donors (Lipinski definition) is 1. The van der Waals surface area contributed by atoms with Crippen molar-refractivity contribution in [1.82, 2.24) is 5.43 Å². The Balaban J connectivity index is 2.29. The predicted molar refractivity (Wildman–Crippen MR) is 116 cm³/mol. The molecule has 2 aromatic rings.